The molecule has 0 bridgehead atoms. The van der Waals surface area contributed by atoms with Crippen LogP contribution in [0, 0.1) is 0 Å². The summed E-state index contributed by atoms with van der Waals surface area (Å²) in [5, 5.41) is 6.58. The smallest absolute Gasteiger partial charge is 0.234 e. The predicted molar refractivity (Wildman–Crippen MR) is 80.3 cm³/mol. The Hall–Kier alpha value is -0.610. The number of hydrogen-bond donors (Lipinski definition) is 2. The molecule has 1 amide bonds. The zero-order chi connectivity index (χ0) is 14.1. The number of carbonyl (C=O) groups excluding carboxylic acids is 1. The van der Waals surface area contributed by atoms with Crippen molar-refractivity contribution in [3.05, 3.63) is 0 Å². The van der Waals surface area contributed by atoms with E-state index in [1.165, 1.54) is 12.8 Å². The fourth-order valence-electron chi connectivity index (χ4n) is 2.77. The molecule has 1 unspecified atom stereocenters. The maximum atomic E-state index is 12.1. The number of nitrogens with one attached hydrogen (secondary N) is 2. The van der Waals surface area contributed by atoms with Gasteiger partial charge in [-0.25, -0.2) is 0 Å². The van der Waals surface area contributed by atoms with Gasteiger partial charge in [0.1, 0.15) is 0 Å². The number of carbonyl (C=O) groups is 1. The van der Waals surface area contributed by atoms with E-state index in [1.54, 1.807) is 0 Å². The molecule has 0 aromatic heterocycles. The molecule has 0 spiro atoms. The monoisotopic (exact) mass is 269 g/mol. The molecule has 0 radical (unpaired) electrons. The van der Waals surface area contributed by atoms with E-state index in [1.807, 2.05) is 0 Å². The molecule has 0 aliphatic carbocycles. The topological polar surface area (TPSA) is 44.4 Å². The van der Waals surface area contributed by atoms with E-state index in [4.69, 9.17) is 0 Å². The van der Waals surface area contributed by atoms with Crippen LogP contribution in [0.3, 0.4) is 0 Å². The van der Waals surface area contributed by atoms with Crippen LogP contribution in [0.1, 0.15) is 52.9 Å². The van der Waals surface area contributed by atoms with Crippen molar-refractivity contribution in [3.63, 3.8) is 0 Å². The van der Waals surface area contributed by atoms with Crippen LogP contribution in [0.25, 0.3) is 0 Å². The van der Waals surface area contributed by atoms with Crippen molar-refractivity contribution >= 4 is 5.91 Å². The molecule has 0 aromatic rings. The molecule has 0 saturated carbocycles. The Labute approximate surface area is 118 Å². The van der Waals surface area contributed by atoms with E-state index in [0.29, 0.717) is 18.6 Å². The number of amides is 1. The average Bonchev–Trinajstić information content (AvgIpc) is 2.45. The van der Waals surface area contributed by atoms with Gasteiger partial charge in [0.05, 0.1) is 6.54 Å². The first-order chi connectivity index (χ1) is 9.21. The van der Waals surface area contributed by atoms with Gasteiger partial charge < -0.3 is 10.6 Å². The summed E-state index contributed by atoms with van der Waals surface area (Å²) in [6.07, 6.45) is 5.57. The quantitative estimate of drug-likeness (QED) is 0.706. The van der Waals surface area contributed by atoms with Gasteiger partial charge in [0.15, 0.2) is 0 Å². The number of nitrogens with zero attached hydrogens (tertiary/aromatic N) is 1. The molecule has 19 heavy (non-hydrogen) atoms. The van der Waals surface area contributed by atoms with E-state index in [2.05, 4.69) is 36.3 Å². The second-order valence-corrected chi connectivity index (χ2v) is 5.55. The predicted octanol–water partition coefficient (Wildman–Crippen LogP) is 1.76. The summed E-state index contributed by atoms with van der Waals surface area (Å²) in [5.74, 6) is 0.188. The molecule has 1 aliphatic heterocycles. The highest BCUT2D eigenvalue weighted by Crippen LogP contribution is 2.10. The lowest BCUT2D eigenvalue weighted by Gasteiger charge is -2.34. The van der Waals surface area contributed by atoms with E-state index >= 15 is 0 Å². The van der Waals surface area contributed by atoms with Crippen molar-refractivity contribution < 1.29 is 4.79 Å². The van der Waals surface area contributed by atoms with Crippen LogP contribution in [0.5, 0.6) is 0 Å². The van der Waals surface area contributed by atoms with Crippen molar-refractivity contribution in [3.8, 4) is 0 Å². The highest BCUT2D eigenvalue weighted by Gasteiger charge is 2.22. The first kappa shape index (κ1) is 16.4. The molecule has 1 saturated heterocycles. The van der Waals surface area contributed by atoms with Crippen molar-refractivity contribution in [2.45, 2.75) is 65.0 Å². The highest BCUT2D eigenvalue weighted by molar-refractivity contribution is 5.78. The van der Waals surface area contributed by atoms with Crippen LogP contribution in [-0.4, -0.2) is 49.1 Å². The third-order valence-electron chi connectivity index (χ3n) is 4.00. The van der Waals surface area contributed by atoms with Gasteiger partial charge >= 0.3 is 0 Å². The van der Waals surface area contributed by atoms with Crippen molar-refractivity contribution in [1.29, 1.82) is 0 Å². The Bertz CT molecular complexity index is 248. The number of hydrogen-bond acceptors (Lipinski definition) is 3. The Morgan fingerprint density at radius 3 is 2.63 bits per heavy atom. The lowest BCUT2D eigenvalue weighted by molar-refractivity contribution is -0.123. The largest absolute Gasteiger partial charge is 0.352 e. The fraction of sp³-hybridized carbons (Fsp3) is 0.933. The Morgan fingerprint density at radius 1 is 1.37 bits per heavy atom. The van der Waals surface area contributed by atoms with Crippen LogP contribution in [0.2, 0.25) is 0 Å². The molecular weight excluding hydrogens is 238 g/mol. The van der Waals surface area contributed by atoms with E-state index < -0.39 is 0 Å². The van der Waals surface area contributed by atoms with Gasteiger partial charge in [-0.3, -0.25) is 9.69 Å². The summed E-state index contributed by atoms with van der Waals surface area (Å²) in [6, 6.07) is 0.863. The summed E-state index contributed by atoms with van der Waals surface area (Å²) < 4.78 is 0. The molecule has 0 aromatic carbocycles. The lowest BCUT2D eigenvalue weighted by atomic mass is 10.1. The van der Waals surface area contributed by atoms with Gasteiger partial charge in [0.25, 0.3) is 0 Å². The Kier molecular flexibility index (Phi) is 8.07. The number of piperidine rings is 1. The third-order valence-corrected chi connectivity index (χ3v) is 4.00. The van der Waals surface area contributed by atoms with E-state index in [0.717, 1.165) is 38.9 Å². The molecule has 1 fully saturated rings. The third kappa shape index (κ3) is 5.91. The normalized spacial score (nSPS) is 19.9. The molecule has 1 aliphatic rings. The first-order valence-electron chi connectivity index (χ1n) is 7.95. The van der Waals surface area contributed by atoms with Crippen LogP contribution >= 0.6 is 0 Å². The first-order valence-corrected chi connectivity index (χ1v) is 7.95. The minimum absolute atomic E-state index is 0.188. The molecule has 4 nitrogen and oxygen atoms in total. The van der Waals surface area contributed by atoms with Gasteiger partial charge in [-0.2, -0.15) is 0 Å². The number of rotatable bonds is 8. The average molecular weight is 269 g/mol. The second kappa shape index (κ2) is 9.32. The van der Waals surface area contributed by atoms with Gasteiger partial charge in [0.2, 0.25) is 5.91 Å². The Balaban J connectivity index is 2.44. The van der Waals surface area contributed by atoms with Crippen molar-refractivity contribution in [1.82, 2.24) is 15.5 Å². The maximum Gasteiger partial charge on any atom is 0.234 e. The van der Waals surface area contributed by atoms with Gasteiger partial charge in [-0.05, 0) is 45.2 Å². The van der Waals surface area contributed by atoms with Crippen molar-refractivity contribution in [2.75, 3.05) is 26.2 Å². The summed E-state index contributed by atoms with van der Waals surface area (Å²) in [6.45, 7) is 10.2. The molecule has 4 heteroatoms. The lowest BCUT2D eigenvalue weighted by Crippen LogP contribution is -2.50. The van der Waals surface area contributed by atoms with Crippen LogP contribution in [0.4, 0.5) is 0 Å². The second-order valence-electron chi connectivity index (χ2n) is 5.55. The molecule has 112 valence electrons. The zero-order valence-electron chi connectivity index (χ0n) is 12.9. The van der Waals surface area contributed by atoms with E-state index in [9.17, 15) is 4.79 Å². The minimum atomic E-state index is 0.188. The highest BCUT2D eigenvalue weighted by atomic mass is 16.2. The van der Waals surface area contributed by atoms with Crippen molar-refractivity contribution in [2.24, 2.45) is 0 Å². The molecule has 1 rings (SSSR count). The van der Waals surface area contributed by atoms with Gasteiger partial charge in [-0.15, -0.1) is 0 Å². The zero-order valence-corrected chi connectivity index (χ0v) is 12.9. The molecular formula is C15H31N3O. The maximum absolute atomic E-state index is 12.1. The summed E-state index contributed by atoms with van der Waals surface area (Å²) in [5.41, 5.74) is 0. The van der Waals surface area contributed by atoms with Crippen LogP contribution in [0.15, 0.2) is 0 Å². The standard InChI is InChI=1S/C15H31N3O/c1-4-10-18(14-8-7-9-16-11-14)12-15(19)17-13(5-2)6-3/h13-14,16H,4-12H2,1-3H3,(H,17,19). The summed E-state index contributed by atoms with van der Waals surface area (Å²) in [4.78, 5) is 14.5. The SMILES string of the molecule is CCCN(CC(=O)NC(CC)CC)C1CCCNC1. The van der Waals surface area contributed by atoms with Crippen LogP contribution < -0.4 is 10.6 Å². The van der Waals surface area contributed by atoms with Gasteiger partial charge in [-0.1, -0.05) is 20.8 Å². The van der Waals surface area contributed by atoms with Crippen LogP contribution in [-0.2, 0) is 4.79 Å². The summed E-state index contributed by atoms with van der Waals surface area (Å²) >= 11 is 0. The Morgan fingerprint density at radius 2 is 2.11 bits per heavy atom. The molecule has 2 N–H and O–H groups in total. The van der Waals surface area contributed by atoms with E-state index in [-0.39, 0.29) is 5.91 Å². The minimum Gasteiger partial charge on any atom is -0.352 e. The van der Waals surface area contributed by atoms with Gasteiger partial charge in [0, 0.05) is 18.6 Å². The molecule has 1 atom stereocenters. The fourth-order valence-corrected chi connectivity index (χ4v) is 2.77. The molecule has 1 heterocycles. The summed E-state index contributed by atoms with van der Waals surface area (Å²) in [7, 11) is 0.